The molecular weight excluding hydrogens is 373 g/mol. The van der Waals surface area contributed by atoms with E-state index in [2.05, 4.69) is 26.9 Å². The first kappa shape index (κ1) is 18.8. The van der Waals surface area contributed by atoms with Gasteiger partial charge in [-0.15, -0.1) is 12.4 Å². The Morgan fingerprint density at radius 1 is 1.12 bits per heavy atom. The number of rotatable bonds is 5. The summed E-state index contributed by atoms with van der Waals surface area (Å²) in [6.07, 6.45) is 0.418. The average Bonchev–Trinajstić information content (AvgIpc) is 2.96. The largest absolute Gasteiger partial charge is 0.491 e. The Bertz CT molecular complexity index is 783. The normalized spacial score (nSPS) is 16.3. The van der Waals surface area contributed by atoms with E-state index in [-0.39, 0.29) is 19.0 Å². The van der Waals surface area contributed by atoms with Gasteiger partial charge in [-0.05, 0) is 42.8 Å². The summed E-state index contributed by atoms with van der Waals surface area (Å²) in [5.74, 6) is 1.62. The van der Waals surface area contributed by atoms with E-state index in [1.54, 1.807) is 24.3 Å². The number of hydrogen-bond donors (Lipinski definition) is 1. The second kappa shape index (κ2) is 8.16. The summed E-state index contributed by atoms with van der Waals surface area (Å²) in [4.78, 5) is 8.99. The molecule has 0 bridgehead atoms. The van der Waals surface area contributed by atoms with Crippen molar-refractivity contribution in [1.29, 1.82) is 0 Å². The van der Waals surface area contributed by atoms with Gasteiger partial charge in [0.2, 0.25) is 5.96 Å². The number of nitrogens with zero attached hydrogens (tertiary/aromatic N) is 3. The molecule has 2 aliphatic rings. The molecule has 26 heavy (non-hydrogen) atoms. The van der Waals surface area contributed by atoms with Gasteiger partial charge in [0.1, 0.15) is 18.5 Å². The van der Waals surface area contributed by atoms with E-state index in [1.165, 1.54) is 0 Å². The van der Waals surface area contributed by atoms with Crippen molar-refractivity contribution in [2.24, 2.45) is 4.99 Å². The van der Waals surface area contributed by atoms with Crippen molar-refractivity contribution in [2.45, 2.75) is 12.5 Å². The number of benzene rings is 2. The number of β-amino-alcohol motifs (C(OH)–C–C–N with tert-alkyl or cyclic N) is 1. The molecule has 1 N–H and O–H groups in total. The highest BCUT2D eigenvalue weighted by Crippen LogP contribution is 2.38. The van der Waals surface area contributed by atoms with Crippen LogP contribution in [0.1, 0.15) is 6.42 Å². The summed E-state index contributed by atoms with van der Waals surface area (Å²) in [6.45, 7) is 2.45. The van der Waals surface area contributed by atoms with Crippen molar-refractivity contribution in [3.05, 3.63) is 53.6 Å². The van der Waals surface area contributed by atoms with E-state index < -0.39 is 6.10 Å². The minimum Gasteiger partial charge on any atom is -0.491 e. The summed E-state index contributed by atoms with van der Waals surface area (Å²) >= 11 is 5.87. The van der Waals surface area contributed by atoms with Crippen LogP contribution in [-0.4, -0.2) is 43.4 Å². The van der Waals surface area contributed by atoms with E-state index >= 15 is 0 Å². The number of halogens is 2. The maximum atomic E-state index is 10.5. The van der Waals surface area contributed by atoms with Gasteiger partial charge in [0.15, 0.2) is 0 Å². The van der Waals surface area contributed by atoms with Crippen molar-refractivity contribution >= 4 is 41.3 Å². The zero-order valence-electron chi connectivity index (χ0n) is 14.2. The Hall–Kier alpha value is -1.95. The smallest absolute Gasteiger partial charge is 0.205 e. The number of ether oxygens (including phenoxy) is 1. The van der Waals surface area contributed by atoms with E-state index in [9.17, 15) is 5.11 Å². The van der Waals surface area contributed by atoms with Gasteiger partial charge in [-0.25, -0.2) is 0 Å². The van der Waals surface area contributed by atoms with Crippen LogP contribution < -0.4 is 14.5 Å². The SMILES string of the molecule is Cl.OC(COc1ccc(Cl)cc1)CN1C2=NCCCN2c2ccccc21. The number of para-hydroxylation sites is 2. The fourth-order valence-corrected chi connectivity index (χ4v) is 3.37. The van der Waals surface area contributed by atoms with Crippen LogP contribution in [0.15, 0.2) is 53.5 Å². The van der Waals surface area contributed by atoms with E-state index in [0.29, 0.717) is 17.3 Å². The highest BCUT2D eigenvalue weighted by atomic mass is 35.5. The number of guanidine groups is 1. The van der Waals surface area contributed by atoms with Crippen molar-refractivity contribution in [3.63, 3.8) is 0 Å². The zero-order valence-corrected chi connectivity index (χ0v) is 15.8. The highest BCUT2D eigenvalue weighted by molar-refractivity contribution is 6.30. The van der Waals surface area contributed by atoms with Gasteiger partial charge >= 0.3 is 0 Å². The van der Waals surface area contributed by atoms with Crippen molar-refractivity contribution in [2.75, 3.05) is 36.0 Å². The lowest BCUT2D eigenvalue weighted by Gasteiger charge is -2.28. The van der Waals surface area contributed by atoms with E-state index in [1.807, 2.05) is 12.1 Å². The molecule has 0 saturated heterocycles. The molecule has 138 valence electrons. The third-order valence-electron chi connectivity index (χ3n) is 4.39. The van der Waals surface area contributed by atoms with Crippen LogP contribution in [-0.2, 0) is 0 Å². The molecule has 0 saturated carbocycles. The molecule has 7 heteroatoms. The molecule has 1 unspecified atom stereocenters. The number of aliphatic hydroxyl groups excluding tert-OH is 1. The number of aliphatic imine (C=N–C) groups is 1. The Labute approximate surface area is 164 Å². The van der Waals surface area contributed by atoms with Crippen molar-refractivity contribution in [3.8, 4) is 5.75 Å². The van der Waals surface area contributed by atoms with Crippen LogP contribution in [0.4, 0.5) is 11.4 Å². The summed E-state index contributed by atoms with van der Waals surface area (Å²) in [5.41, 5.74) is 2.25. The predicted octanol–water partition coefficient (Wildman–Crippen LogP) is 3.59. The molecule has 1 atom stereocenters. The lowest BCUT2D eigenvalue weighted by atomic mass is 10.2. The zero-order chi connectivity index (χ0) is 17.2. The number of hydrogen-bond acceptors (Lipinski definition) is 5. The molecular formula is C19H21Cl2N3O2. The van der Waals surface area contributed by atoms with Crippen LogP contribution >= 0.6 is 24.0 Å². The molecule has 0 aromatic heterocycles. The third-order valence-corrected chi connectivity index (χ3v) is 4.64. The fourth-order valence-electron chi connectivity index (χ4n) is 3.25. The number of anilines is 2. The molecule has 4 rings (SSSR count). The van der Waals surface area contributed by atoms with Crippen LogP contribution in [0.25, 0.3) is 0 Å². The second-order valence-corrected chi connectivity index (χ2v) is 6.64. The molecule has 0 radical (unpaired) electrons. The third kappa shape index (κ3) is 3.75. The van der Waals surface area contributed by atoms with Crippen LogP contribution in [0.5, 0.6) is 5.75 Å². The van der Waals surface area contributed by atoms with Gasteiger partial charge in [-0.3, -0.25) is 4.99 Å². The Morgan fingerprint density at radius 3 is 2.62 bits per heavy atom. The number of aliphatic hydroxyl groups is 1. The van der Waals surface area contributed by atoms with E-state index in [0.717, 1.165) is 36.8 Å². The molecule has 0 amide bonds. The topological polar surface area (TPSA) is 48.3 Å². The molecule has 0 spiro atoms. The molecule has 2 heterocycles. The summed E-state index contributed by atoms with van der Waals surface area (Å²) in [7, 11) is 0. The number of fused-ring (bicyclic) bond motifs is 3. The minimum absolute atomic E-state index is 0. The summed E-state index contributed by atoms with van der Waals surface area (Å²) in [6, 6.07) is 15.4. The quantitative estimate of drug-likeness (QED) is 0.842. The van der Waals surface area contributed by atoms with Crippen LogP contribution in [0.3, 0.4) is 0 Å². The summed E-state index contributed by atoms with van der Waals surface area (Å²) in [5, 5.41) is 11.1. The van der Waals surface area contributed by atoms with Gasteiger partial charge in [-0.1, -0.05) is 23.7 Å². The fraction of sp³-hybridized carbons (Fsp3) is 0.316. The standard InChI is InChI=1S/C19H20ClN3O2.ClH/c20-14-6-8-16(9-7-14)25-13-15(24)12-23-18-5-2-1-4-17(18)22-11-3-10-21-19(22)23;/h1-2,4-9,15,24H,3,10-13H2;1H. The van der Waals surface area contributed by atoms with Gasteiger partial charge in [0, 0.05) is 18.1 Å². The van der Waals surface area contributed by atoms with Crippen molar-refractivity contribution < 1.29 is 9.84 Å². The maximum Gasteiger partial charge on any atom is 0.205 e. The maximum absolute atomic E-state index is 10.5. The molecule has 0 aliphatic carbocycles. The molecule has 0 fully saturated rings. The first-order valence-electron chi connectivity index (χ1n) is 8.47. The first-order chi connectivity index (χ1) is 12.2. The lowest BCUT2D eigenvalue weighted by Crippen LogP contribution is -2.45. The van der Waals surface area contributed by atoms with E-state index in [4.69, 9.17) is 16.3 Å². The minimum atomic E-state index is -0.631. The molecule has 2 aromatic rings. The van der Waals surface area contributed by atoms with Gasteiger partial charge in [0.05, 0.1) is 17.9 Å². The van der Waals surface area contributed by atoms with Gasteiger partial charge < -0.3 is 19.6 Å². The summed E-state index contributed by atoms with van der Waals surface area (Å²) < 4.78 is 5.67. The second-order valence-electron chi connectivity index (χ2n) is 6.20. The molecule has 5 nitrogen and oxygen atoms in total. The highest BCUT2D eigenvalue weighted by Gasteiger charge is 2.34. The van der Waals surface area contributed by atoms with Crippen LogP contribution in [0.2, 0.25) is 5.02 Å². The lowest BCUT2D eigenvalue weighted by molar-refractivity contribution is 0.114. The Balaban J connectivity index is 0.00000196. The Kier molecular flexibility index (Phi) is 5.91. The van der Waals surface area contributed by atoms with Crippen LogP contribution in [0, 0.1) is 0 Å². The van der Waals surface area contributed by atoms with Gasteiger partial charge in [-0.2, -0.15) is 0 Å². The van der Waals surface area contributed by atoms with Gasteiger partial charge in [0.25, 0.3) is 0 Å². The molecule has 2 aromatic carbocycles. The first-order valence-corrected chi connectivity index (χ1v) is 8.85. The average molecular weight is 394 g/mol. The van der Waals surface area contributed by atoms with Crippen molar-refractivity contribution in [1.82, 2.24) is 0 Å². The predicted molar refractivity (Wildman–Crippen MR) is 108 cm³/mol. The molecule has 2 aliphatic heterocycles. The Morgan fingerprint density at radius 2 is 1.85 bits per heavy atom. The monoisotopic (exact) mass is 393 g/mol.